The number of rotatable bonds is 4. The highest BCUT2D eigenvalue weighted by Gasteiger charge is 2.33. The average molecular weight is 430 g/mol. The Labute approximate surface area is 189 Å². The summed E-state index contributed by atoms with van der Waals surface area (Å²) in [5, 5.41) is 12.6. The standard InChI is InChI=1S/C26H31N5O/c1-2-30-10-9-21-14-24(28-29-25(21)30)26(32)27-22-7-5-20-13-23(8-6-19(20)12-22)31-15-17-3-4-18(11-17)16-31/h6,8-10,13-14,17-18,22H,2-5,7,11-12,15-16H2,1H3,(H,27,32)/t17?,18?,22-/m1/s1. The van der Waals surface area contributed by atoms with Crippen LogP contribution < -0.4 is 10.2 Å². The van der Waals surface area contributed by atoms with E-state index in [1.165, 1.54) is 49.2 Å². The molecule has 1 saturated heterocycles. The van der Waals surface area contributed by atoms with Crippen LogP contribution in [0.3, 0.4) is 0 Å². The number of fused-ring (bicyclic) bond motifs is 4. The van der Waals surface area contributed by atoms with Crippen LogP contribution in [0, 0.1) is 11.8 Å². The minimum absolute atomic E-state index is 0.127. The third-order valence-electron chi connectivity index (χ3n) is 7.81. The molecule has 3 aromatic rings. The van der Waals surface area contributed by atoms with Crippen LogP contribution in [0.1, 0.15) is 54.2 Å². The van der Waals surface area contributed by atoms with Gasteiger partial charge in [0.25, 0.3) is 5.91 Å². The van der Waals surface area contributed by atoms with Gasteiger partial charge in [-0.25, -0.2) is 0 Å². The number of nitrogens with zero attached hydrogens (tertiary/aromatic N) is 4. The molecule has 2 unspecified atom stereocenters. The van der Waals surface area contributed by atoms with Crippen molar-refractivity contribution in [2.24, 2.45) is 11.8 Å². The quantitative estimate of drug-likeness (QED) is 0.682. The van der Waals surface area contributed by atoms with Crippen molar-refractivity contribution in [1.82, 2.24) is 20.1 Å². The van der Waals surface area contributed by atoms with Crippen molar-refractivity contribution in [3.63, 3.8) is 0 Å². The zero-order chi connectivity index (χ0) is 21.7. The van der Waals surface area contributed by atoms with Crippen LogP contribution in [0.25, 0.3) is 11.0 Å². The third kappa shape index (κ3) is 3.55. The second kappa shape index (κ2) is 7.91. The van der Waals surface area contributed by atoms with E-state index in [1.807, 2.05) is 22.9 Å². The number of piperidine rings is 1. The number of benzene rings is 1. The molecule has 6 rings (SSSR count). The van der Waals surface area contributed by atoms with Gasteiger partial charge in [0.15, 0.2) is 11.3 Å². The van der Waals surface area contributed by atoms with Gasteiger partial charge in [0.1, 0.15) is 0 Å². The Kier molecular flexibility index (Phi) is 4.89. The molecule has 6 heteroatoms. The van der Waals surface area contributed by atoms with Crippen LogP contribution in [0.5, 0.6) is 0 Å². The predicted molar refractivity (Wildman–Crippen MR) is 126 cm³/mol. The molecule has 1 saturated carbocycles. The summed E-state index contributed by atoms with van der Waals surface area (Å²) in [6, 6.07) is 11.0. The van der Waals surface area contributed by atoms with Crippen molar-refractivity contribution < 1.29 is 4.79 Å². The number of anilines is 1. The van der Waals surface area contributed by atoms with Crippen molar-refractivity contribution in [2.45, 2.75) is 58.0 Å². The van der Waals surface area contributed by atoms with Crippen molar-refractivity contribution in [1.29, 1.82) is 0 Å². The van der Waals surface area contributed by atoms with E-state index < -0.39 is 0 Å². The Morgan fingerprint density at radius 3 is 2.72 bits per heavy atom. The lowest BCUT2D eigenvalue weighted by Crippen LogP contribution is -2.39. The van der Waals surface area contributed by atoms with Crippen molar-refractivity contribution in [2.75, 3.05) is 18.0 Å². The van der Waals surface area contributed by atoms with Crippen molar-refractivity contribution >= 4 is 22.6 Å². The highest BCUT2D eigenvalue weighted by molar-refractivity contribution is 5.95. The zero-order valence-corrected chi connectivity index (χ0v) is 18.8. The van der Waals surface area contributed by atoms with E-state index in [4.69, 9.17) is 0 Å². The minimum Gasteiger partial charge on any atom is -0.371 e. The Morgan fingerprint density at radius 2 is 1.91 bits per heavy atom. The SMILES string of the molecule is CCn1ccc2cc(C(=O)N[C@@H]3CCc4cc(N5CC6CCC(C6)C5)ccc4C3)nnc21. The van der Waals surface area contributed by atoms with Gasteiger partial charge in [-0.3, -0.25) is 4.79 Å². The summed E-state index contributed by atoms with van der Waals surface area (Å²) in [6.45, 7) is 5.36. The molecule has 166 valence electrons. The van der Waals surface area contributed by atoms with Gasteiger partial charge in [0.2, 0.25) is 0 Å². The number of hydrogen-bond donors (Lipinski definition) is 1. The van der Waals surface area contributed by atoms with E-state index in [0.29, 0.717) is 5.69 Å². The highest BCUT2D eigenvalue weighted by atomic mass is 16.2. The molecular formula is C26H31N5O. The number of aryl methyl sites for hydroxylation is 2. The first-order valence-electron chi connectivity index (χ1n) is 12.2. The monoisotopic (exact) mass is 429 g/mol. The summed E-state index contributed by atoms with van der Waals surface area (Å²) in [6.07, 6.45) is 9.11. The largest absolute Gasteiger partial charge is 0.371 e. The fourth-order valence-corrected chi connectivity index (χ4v) is 6.09. The average Bonchev–Trinajstić information content (AvgIpc) is 3.39. The van der Waals surface area contributed by atoms with Crippen molar-refractivity contribution in [3.05, 3.63) is 53.3 Å². The molecule has 1 aliphatic heterocycles. The molecule has 0 radical (unpaired) electrons. The molecule has 3 aliphatic rings. The number of carbonyl (C=O) groups is 1. The molecular weight excluding hydrogens is 398 g/mol. The van der Waals surface area contributed by atoms with E-state index in [1.54, 1.807) is 0 Å². The van der Waals surface area contributed by atoms with Gasteiger partial charge in [-0.1, -0.05) is 6.07 Å². The summed E-state index contributed by atoms with van der Waals surface area (Å²) >= 11 is 0. The Morgan fingerprint density at radius 1 is 1.06 bits per heavy atom. The molecule has 2 fully saturated rings. The molecule has 1 N–H and O–H groups in total. The molecule has 1 amide bonds. The lowest BCUT2D eigenvalue weighted by molar-refractivity contribution is 0.0928. The number of nitrogens with one attached hydrogen (secondary N) is 1. The molecule has 3 heterocycles. The van der Waals surface area contributed by atoms with Gasteiger partial charge in [0.05, 0.1) is 0 Å². The van der Waals surface area contributed by atoms with Crippen LogP contribution in [0.2, 0.25) is 0 Å². The number of hydrogen-bond acceptors (Lipinski definition) is 4. The summed E-state index contributed by atoms with van der Waals surface area (Å²) in [5.74, 6) is 1.66. The third-order valence-corrected chi connectivity index (χ3v) is 7.81. The molecule has 2 aliphatic carbocycles. The normalized spacial score (nSPS) is 24.5. The molecule has 1 aromatic carbocycles. The maximum absolute atomic E-state index is 12.8. The topological polar surface area (TPSA) is 63.1 Å². The number of carbonyl (C=O) groups excluding carboxylic acids is 1. The van der Waals surface area contributed by atoms with Gasteiger partial charge < -0.3 is 14.8 Å². The van der Waals surface area contributed by atoms with Crippen LogP contribution in [-0.4, -0.2) is 39.8 Å². The van der Waals surface area contributed by atoms with E-state index in [2.05, 4.69) is 45.5 Å². The van der Waals surface area contributed by atoms with Gasteiger partial charge in [-0.2, -0.15) is 0 Å². The first kappa shape index (κ1) is 19.8. The van der Waals surface area contributed by atoms with E-state index in [0.717, 1.165) is 48.7 Å². The Balaban J connectivity index is 1.13. The smallest absolute Gasteiger partial charge is 0.272 e. The van der Waals surface area contributed by atoms with Gasteiger partial charge in [-0.05, 0) is 92.7 Å². The van der Waals surface area contributed by atoms with Gasteiger partial charge >= 0.3 is 0 Å². The summed E-state index contributed by atoms with van der Waals surface area (Å²) in [5.41, 5.74) is 5.44. The summed E-state index contributed by atoms with van der Waals surface area (Å²) in [4.78, 5) is 15.5. The molecule has 2 aromatic heterocycles. The van der Waals surface area contributed by atoms with E-state index >= 15 is 0 Å². The van der Waals surface area contributed by atoms with Crippen LogP contribution in [0.15, 0.2) is 36.5 Å². The van der Waals surface area contributed by atoms with Crippen LogP contribution in [-0.2, 0) is 19.4 Å². The summed E-state index contributed by atoms with van der Waals surface area (Å²) in [7, 11) is 0. The van der Waals surface area contributed by atoms with Gasteiger partial charge in [0, 0.05) is 42.9 Å². The highest BCUT2D eigenvalue weighted by Crippen LogP contribution is 2.38. The molecule has 2 bridgehead atoms. The zero-order valence-electron chi connectivity index (χ0n) is 18.8. The molecule has 3 atom stereocenters. The lowest BCUT2D eigenvalue weighted by Gasteiger charge is -2.35. The lowest BCUT2D eigenvalue weighted by atomic mass is 9.87. The van der Waals surface area contributed by atoms with E-state index in [-0.39, 0.29) is 11.9 Å². The maximum atomic E-state index is 12.8. The fraction of sp³-hybridized carbons (Fsp3) is 0.500. The number of amides is 1. The first-order valence-corrected chi connectivity index (χ1v) is 12.2. The minimum atomic E-state index is -0.127. The molecule has 0 spiro atoms. The second-order valence-electron chi connectivity index (χ2n) is 9.93. The first-order chi connectivity index (χ1) is 15.7. The molecule has 6 nitrogen and oxygen atoms in total. The Hall–Kier alpha value is -2.89. The second-order valence-corrected chi connectivity index (χ2v) is 9.93. The summed E-state index contributed by atoms with van der Waals surface area (Å²) < 4.78 is 2.03. The number of aromatic nitrogens is 3. The van der Waals surface area contributed by atoms with Gasteiger partial charge in [-0.15, -0.1) is 10.2 Å². The molecule has 32 heavy (non-hydrogen) atoms. The van der Waals surface area contributed by atoms with E-state index in [9.17, 15) is 4.79 Å². The maximum Gasteiger partial charge on any atom is 0.272 e. The predicted octanol–water partition coefficient (Wildman–Crippen LogP) is 3.97. The van der Waals surface area contributed by atoms with Crippen molar-refractivity contribution in [3.8, 4) is 0 Å². The van der Waals surface area contributed by atoms with Crippen LogP contribution in [0.4, 0.5) is 5.69 Å². The fourth-order valence-electron chi connectivity index (χ4n) is 6.09. The Bertz CT molecular complexity index is 1160. The van der Waals surface area contributed by atoms with Crippen LogP contribution >= 0.6 is 0 Å².